The van der Waals surface area contributed by atoms with Crippen LogP contribution in [0.2, 0.25) is 0 Å². The summed E-state index contributed by atoms with van der Waals surface area (Å²) in [6.07, 6.45) is 1.90. The lowest BCUT2D eigenvalue weighted by atomic mass is 10.4. The molecular formula is C9H11BrClNO2S. The Morgan fingerprint density at radius 2 is 2.20 bits per heavy atom. The van der Waals surface area contributed by atoms with Gasteiger partial charge in [-0.25, -0.2) is 13.4 Å². The fourth-order valence-corrected chi connectivity index (χ4v) is 3.03. The van der Waals surface area contributed by atoms with Crippen LogP contribution in [0.4, 0.5) is 0 Å². The van der Waals surface area contributed by atoms with E-state index in [-0.39, 0.29) is 5.03 Å². The normalized spacial score (nSPS) is 13.8. The van der Waals surface area contributed by atoms with Gasteiger partial charge >= 0.3 is 0 Å². The fourth-order valence-electron chi connectivity index (χ4n) is 1.05. The average molecular weight is 313 g/mol. The molecule has 0 aliphatic carbocycles. The molecule has 0 aliphatic rings. The number of nitrogens with zero attached hydrogens (tertiary/aromatic N) is 1. The second kappa shape index (κ2) is 5.27. The van der Waals surface area contributed by atoms with Crippen molar-refractivity contribution in [3.8, 4) is 0 Å². The number of aromatic nitrogens is 1. The Bertz CT molecular complexity index is 418. The monoisotopic (exact) mass is 311 g/mol. The SMILES string of the molecule is CC(CCCl)S(=O)(=O)c1ccc(Br)cn1. The summed E-state index contributed by atoms with van der Waals surface area (Å²) in [5, 5.41) is -0.396. The van der Waals surface area contributed by atoms with E-state index in [0.29, 0.717) is 12.3 Å². The lowest BCUT2D eigenvalue weighted by Crippen LogP contribution is -2.19. The maximum absolute atomic E-state index is 11.9. The highest BCUT2D eigenvalue weighted by Gasteiger charge is 2.23. The third kappa shape index (κ3) is 3.16. The predicted octanol–water partition coefficient (Wildman–Crippen LogP) is 2.64. The topological polar surface area (TPSA) is 47.0 Å². The number of hydrogen-bond acceptors (Lipinski definition) is 3. The lowest BCUT2D eigenvalue weighted by Gasteiger charge is -2.10. The molecule has 0 amide bonds. The second-order valence-corrected chi connectivity index (χ2v) is 6.75. The summed E-state index contributed by atoms with van der Waals surface area (Å²) < 4.78 is 24.5. The van der Waals surface area contributed by atoms with Gasteiger partial charge in [0.1, 0.15) is 0 Å². The van der Waals surface area contributed by atoms with E-state index in [9.17, 15) is 8.42 Å². The highest BCUT2D eigenvalue weighted by atomic mass is 79.9. The third-order valence-corrected chi connectivity index (χ3v) is 4.84. The van der Waals surface area contributed by atoms with E-state index >= 15 is 0 Å². The molecule has 0 aliphatic heterocycles. The van der Waals surface area contributed by atoms with Gasteiger partial charge in [0.15, 0.2) is 14.9 Å². The van der Waals surface area contributed by atoms with Crippen molar-refractivity contribution in [3.05, 3.63) is 22.8 Å². The van der Waals surface area contributed by atoms with Gasteiger partial charge in [0, 0.05) is 16.5 Å². The van der Waals surface area contributed by atoms with E-state index in [2.05, 4.69) is 20.9 Å². The van der Waals surface area contributed by atoms with E-state index in [1.807, 2.05) is 0 Å². The Morgan fingerprint density at radius 3 is 2.67 bits per heavy atom. The zero-order valence-electron chi connectivity index (χ0n) is 8.15. The molecule has 0 N–H and O–H groups in total. The van der Waals surface area contributed by atoms with Crippen LogP contribution < -0.4 is 0 Å². The molecule has 6 heteroatoms. The smallest absolute Gasteiger partial charge is 0.198 e. The van der Waals surface area contributed by atoms with E-state index in [4.69, 9.17) is 11.6 Å². The molecule has 0 saturated carbocycles. The van der Waals surface area contributed by atoms with Gasteiger partial charge in [-0.05, 0) is 41.4 Å². The number of sulfone groups is 1. The predicted molar refractivity (Wildman–Crippen MR) is 63.9 cm³/mol. The molecule has 15 heavy (non-hydrogen) atoms. The highest BCUT2D eigenvalue weighted by Crippen LogP contribution is 2.18. The van der Waals surface area contributed by atoms with Crippen molar-refractivity contribution in [2.45, 2.75) is 23.6 Å². The van der Waals surface area contributed by atoms with Gasteiger partial charge in [-0.1, -0.05) is 0 Å². The van der Waals surface area contributed by atoms with E-state index in [0.717, 1.165) is 4.47 Å². The van der Waals surface area contributed by atoms with Crippen LogP contribution in [-0.4, -0.2) is 24.5 Å². The minimum Gasteiger partial charge on any atom is -0.244 e. The second-order valence-electron chi connectivity index (χ2n) is 3.15. The lowest BCUT2D eigenvalue weighted by molar-refractivity contribution is 0.577. The van der Waals surface area contributed by atoms with Crippen molar-refractivity contribution in [1.29, 1.82) is 0 Å². The fraction of sp³-hybridized carbons (Fsp3) is 0.444. The number of rotatable bonds is 4. The first kappa shape index (κ1) is 12.9. The van der Waals surface area contributed by atoms with E-state index in [1.54, 1.807) is 13.0 Å². The summed E-state index contributed by atoms with van der Waals surface area (Å²) in [6, 6.07) is 3.15. The number of pyridine rings is 1. The van der Waals surface area contributed by atoms with Crippen LogP contribution in [0.25, 0.3) is 0 Å². The summed E-state index contributed by atoms with van der Waals surface area (Å²) in [5.74, 6) is 0.330. The molecule has 0 saturated heterocycles. The summed E-state index contributed by atoms with van der Waals surface area (Å²) in [7, 11) is -3.33. The van der Waals surface area contributed by atoms with Gasteiger partial charge in [0.2, 0.25) is 0 Å². The maximum atomic E-state index is 11.9. The van der Waals surface area contributed by atoms with Crippen LogP contribution >= 0.6 is 27.5 Å². The molecule has 0 fully saturated rings. The van der Waals surface area contributed by atoms with Gasteiger partial charge in [0.25, 0.3) is 0 Å². The molecule has 0 spiro atoms. The molecular weight excluding hydrogens is 302 g/mol. The third-order valence-electron chi connectivity index (χ3n) is 2.04. The summed E-state index contributed by atoms with van der Waals surface area (Å²) in [6.45, 7) is 1.64. The number of halogens is 2. The van der Waals surface area contributed by atoms with Crippen molar-refractivity contribution in [2.75, 3.05) is 5.88 Å². The van der Waals surface area contributed by atoms with Gasteiger partial charge in [-0.3, -0.25) is 0 Å². The zero-order valence-corrected chi connectivity index (χ0v) is 11.3. The Hall–Kier alpha value is -0.130. The van der Waals surface area contributed by atoms with Crippen molar-refractivity contribution in [2.24, 2.45) is 0 Å². The minimum atomic E-state index is -3.33. The molecule has 1 atom stereocenters. The largest absolute Gasteiger partial charge is 0.244 e. The number of hydrogen-bond donors (Lipinski definition) is 0. The molecule has 0 aromatic carbocycles. The van der Waals surface area contributed by atoms with Gasteiger partial charge < -0.3 is 0 Å². The van der Waals surface area contributed by atoms with Crippen LogP contribution in [0.1, 0.15) is 13.3 Å². The standard InChI is InChI=1S/C9H11BrClNO2S/c1-7(4-5-11)15(13,14)9-3-2-8(10)6-12-9/h2-3,6-7H,4-5H2,1H3. The Morgan fingerprint density at radius 1 is 1.53 bits per heavy atom. The molecule has 84 valence electrons. The van der Waals surface area contributed by atoms with Crippen LogP contribution in [0.3, 0.4) is 0 Å². The van der Waals surface area contributed by atoms with E-state index in [1.165, 1.54) is 12.3 Å². The first-order chi connectivity index (χ1) is 6.98. The quantitative estimate of drug-likeness (QED) is 0.803. The van der Waals surface area contributed by atoms with Gasteiger partial charge in [0.05, 0.1) is 5.25 Å². The van der Waals surface area contributed by atoms with Crippen LogP contribution in [0.15, 0.2) is 27.8 Å². The van der Waals surface area contributed by atoms with E-state index < -0.39 is 15.1 Å². The molecule has 1 aromatic heterocycles. The van der Waals surface area contributed by atoms with Gasteiger partial charge in [-0.15, -0.1) is 11.6 Å². The zero-order chi connectivity index (χ0) is 11.5. The van der Waals surface area contributed by atoms with Crippen LogP contribution in [-0.2, 0) is 9.84 Å². The Kier molecular flexibility index (Phi) is 4.55. The van der Waals surface area contributed by atoms with Crippen molar-refractivity contribution in [1.82, 2.24) is 4.98 Å². The Labute approximate surface area is 103 Å². The molecule has 1 aromatic rings. The van der Waals surface area contributed by atoms with Crippen molar-refractivity contribution >= 4 is 37.4 Å². The highest BCUT2D eigenvalue weighted by molar-refractivity contribution is 9.10. The molecule has 0 radical (unpaired) electrons. The molecule has 1 heterocycles. The maximum Gasteiger partial charge on any atom is 0.198 e. The van der Waals surface area contributed by atoms with Crippen molar-refractivity contribution < 1.29 is 8.42 Å². The molecule has 1 rings (SSSR count). The summed E-state index contributed by atoms with van der Waals surface area (Å²) in [5.41, 5.74) is 0. The summed E-state index contributed by atoms with van der Waals surface area (Å²) in [4.78, 5) is 3.88. The Balaban J connectivity index is 3.01. The van der Waals surface area contributed by atoms with Crippen molar-refractivity contribution in [3.63, 3.8) is 0 Å². The minimum absolute atomic E-state index is 0.100. The molecule has 3 nitrogen and oxygen atoms in total. The summed E-state index contributed by atoms with van der Waals surface area (Å²) >= 11 is 8.72. The molecule has 1 unspecified atom stereocenters. The average Bonchev–Trinajstić information content (AvgIpc) is 2.18. The van der Waals surface area contributed by atoms with Crippen LogP contribution in [0.5, 0.6) is 0 Å². The first-order valence-electron chi connectivity index (χ1n) is 4.40. The number of alkyl halides is 1. The van der Waals surface area contributed by atoms with Crippen LogP contribution in [0, 0.1) is 0 Å². The first-order valence-corrected chi connectivity index (χ1v) is 7.27. The molecule has 0 bridgehead atoms. The van der Waals surface area contributed by atoms with Gasteiger partial charge in [-0.2, -0.15) is 0 Å².